The van der Waals surface area contributed by atoms with E-state index in [1.165, 1.54) is 24.4 Å². The van der Waals surface area contributed by atoms with Crippen LogP contribution in [0.25, 0.3) is 11.3 Å². The van der Waals surface area contributed by atoms with Crippen LogP contribution >= 0.6 is 0 Å². The number of carbonyl (C=O) groups is 1. The molecule has 198 valence electrons. The number of rotatable bonds is 5. The van der Waals surface area contributed by atoms with Gasteiger partial charge in [0.15, 0.2) is 16.9 Å². The third kappa shape index (κ3) is 4.40. The van der Waals surface area contributed by atoms with E-state index >= 15 is 0 Å². The summed E-state index contributed by atoms with van der Waals surface area (Å²) in [4.78, 5) is 25.0. The van der Waals surface area contributed by atoms with E-state index in [2.05, 4.69) is 4.18 Å². The van der Waals surface area contributed by atoms with Gasteiger partial charge in [-0.2, -0.15) is 21.6 Å². The molecule has 0 N–H and O–H groups in total. The normalized spacial score (nSPS) is 17.4. The number of alkyl halides is 3. The van der Waals surface area contributed by atoms with Gasteiger partial charge in [0.1, 0.15) is 5.56 Å². The number of nitrogens with zero attached hydrogens (tertiary/aromatic N) is 2. The molecule has 4 rings (SSSR count). The first-order chi connectivity index (χ1) is 16.7. The highest BCUT2D eigenvalue weighted by molar-refractivity contribution is 7.88. The van der Waals surface area contributed by atoms with Gasteiger partial charge in [-0.3, -0.25) is 14.5 Å². The van der Waals surface area contributed by atoms with Crippen molar-refractivity contribution in [3.8, 4) is 22.8 Å². The number of ether oxygens (including phenoxy) is 2. The Kier molecular flexibility index (Phi) is 7.10. The largest absolute Gasteiger partial charge is 0.534 e. The summed E-state index contributed by atoms with van der Waals surface area (Å²) in [6.45, 7) is 9.52. The van der Waals surface area contributed by atoms with Crippen molar-refractivity contribution in [2.24, 2.45) is 0 Å². The van der Waals surface area contributed by atoms with Gasteiger partial charge >= 0.3 is 21.6 Å². The molecule has 9 nitrogen and oxygen atoms in total. The fourth-order valence-electron chi connectivity index (χ4n) is 4.37. The lowest BCUT2D eigenvalue weighted by Gasteiger charge is -2.60. The minimum Gasteiger partial charge on any atom is -0.493 e. The van der Waals surface area contributed by atoms with Crippen LogP contribution in [0.1, 0.15) is 63.0 Å². The van der Waals surface area contributed by atoms with E-state index in [-0.39, 0.29) is 17.9 Å². The van der Waals surface area contributed by atoms with Gasteiger partial charge in [0, 0.05) is 17.8 Å². The molecule has 0 spiro atoms. The third-order valence-corrected chi connectivity index (χ3v) is 6.79. The number of halogens is 3. The second-order valence-corrected chi connectivity index (χ2v) is 9.99. The Labute approximate surface area is 206 Å². The molecular formula is C23H27F3N2O7S. The number of benzene rings is 1. The van der Waals surface area contributed by atoms with Gasteiger partial charge in [-0.05, 0) is 44.9 Å². The van der Waals surface area contributed by atoms with Crippen LogP contribution < -0.4 is 19.4 Å². The molecule has 0 radical (unpaired) electrons. The molecule has 1 aromatic heterocycles. The summed E-state index contributed by atoms with van der Waals surface area (Å²) in [7, 11) is -4.79. The Morgan fingerprint density at radius 2 is 1.81 bits per heavy atom. The van der Waals surface area contributed by atoms with Crippen molar-refractivity contribution in [1.82, 2.24) is 4.68 Å². The molecule has 0 bridgehead atoms. The average Bonchev–Trinajstić information content (AvgIpc) is 2.78. The lowest BCUT2D eigenvalue weighted by Crippen LogP contribution is -2.65. The molecule has 2 aliphatic heterocycles. The van der Waals surface area contributed by atoms with Gasteiger partial charge in [0.25, 0.3) is 0 Å². The Hall–Kier alpha value is -3.22. The van der Waals surface area contributed by atoms with E-state index in [1.54, 1.807) is 11.6 Å². The van der Waals surface area contributed by atoms with Crippen LogP contribution in [0.5, 0.6) is 11.5 Å². The van der Waals surface area contributed by atoms with Gasteiger partial charge < -0.3 is 13.7 Å². The maximum Gasteiger partial charge on any atom is 0.534 e. The fourth-order valence-corrected chi connectivity index (χ4v) is 4.84. The Bertz CT molecular complexity index is 1350. The first-order valence-electron chi connectivity index (χ1n) is 11.2. The molecule has 2 aliphatic rings. The summed E-state index contributed by atoms with van der Waals surface area (Å²) in [6.07, 6.45) is 1.93. The van der Waals surface area contributed by atoms with E-state index in [1.807, 2.05) is 32.7 Å². The van der Waals surface area contributed by atoms with Gasteiger partial charge in [-0.25, -0.2) is 4.79 Å². The molecule has 0 saturated carbocycles. The van der Waals surface area contributed by atoms with Gasteiger partial charge in [-0.1, -0.05) is 13.8 Å². The molecule has 2 aromatic rings. The van der Waals surface area contributed by atoms with Crippen LogP contribution in [0.4, 0.5) is 13.2 Å². The number of hydrogen-bond acceptors (Lipinski definition) is 8. The summed E-state index contributed by atoms with van der Waals surface area (Å²) >= 11 is 0. The molecule has 3 heterocycles. The quantitative estimate of drug-likeness (QED) is 0.322. The van der Waals surface area contributed by atoms with Crippen LogP contribution in [-0.2, 0) is 14.9 Å². The van der Waals surface area contributed by atoms with E-state index in [4.69, 9.17) is 9.47 Å². The molecule has 1 unspecified atom stereocenters. The first kappa shape index (κ1) is 27.4. The molecule has 0 aliphatic carbocycles. The number of pyridine rings is 1. The van der Waals surface area contributed by atoms with Crippen LogP contribution in [0.3, 0.4) is 0 Å². The zero-order chi connectivity index (χ0) is 27.2. The standard InChI is InChI=1S/C21H21F3N2O7S.C2H6/c1-5-32-19(28)13-10-25-14(8-16(13)27)11-6-17(31-4)18(33-34(29,30)21(22,23)24)7-12(11)15-9-20(2,3)26(15)25;1-2/h6-8,10,15H,5,9H2,1-4H3;1-2H3. The Balaban J connectivity index is 0.00000176. The summed E-state index contributed by atoms with van der Waals surface area (Å²) < 4.78 is 78.0. The van der Waals surface area contributed by atoms with Crippen LogP contribution in [0.2, 0.25) is 0 Å². The predicted octanol–water partition coefficient (Wildman–Crippen LogP) is 4.13. The highest BCUT2D eigenvalue weighted by Gasteiger charge is 2.52. The number of aromatic nitrogens is 1. The van der Waals surface area contributed by atoms with Crippen molar-refractivity contribution in [2.45, 2.75) is 58.1 Å². The lowest BCUT2D eigenvalue weighted by molar-refractivity contribution is -0.0500. The second kappa shape index (κ2) is 9.34. The fraction of sp³-hybridized carbons (Fsp3) is 0.478. The number of fused-ring (bicyclic) bond motifs is 6. The van der Waals surface area contributed by atoms with Crippen molar-refractivity contribution >= 4 is 16.1 Å². The van der Waals surface area contributed by atoms with Gasteiger partial charge in [-0.15, -0.1) is 0 Å². The zero-order valence-corrected chi connectivity index (χ0v) is 21.4. The lowest BCUT2D eigenvalue weighted by atomic mass is 9.76. The Morgan fingerprint density at radius 3 is 2.33 bits per heavy atom. The average molecular weight is 533 g/mol. The van der Waals surface area contributed by atoms with Crippen LogP contribution in [-0.4, -0.2) is 43.8 Å². The molecule has 1 aromatic carbocycles. The van der Waals surface area contributed by atoms with E-state index < -0.39 is 44.4 Å². The molecule has 0 amide bonds. The van der Waals surface area contributed by atoms with Crippen LogP contribution in [0.15, 0.2) is 29.2 Å². The Morgan fingerprint density at radius 1 is 1.17 bits per heavy atom. The summed E-state index contributed by atoms with van der Waals surface area (Å²) in [6, 6.07) is 3.32. The predicted molar refractivity (Wildman–Crippen MR) is 125 cm³/mol. The number of carbonyl (C=O) groups excluding carboxylic acids is 1. The molecule has 1 saturated heterocycles. The topological polar surface area (TPSA) is 104 Å². The number of methoxy groups -OCH3 is 1. The maximum atomic E-state index is 12.9. The molecule has 1 atom stereocenters. The van der Waals surface area contributed by atoms with Gasteiger partial charge in [0.2, 0.25) is 0 Å². The van der Waals surface area contributed by atoms with E-state index in [0.29, 0.717) is 23.2 Å². The smallest absolute Gasteiger partial charge is 0.493 e. The highest BCUT2D eigenvalue weighted by Crippen LogP contribution is 2.53. The van der Waals surface area contributed by atoms with Crippen molar-refractivity contribution in [2.75, 3.05) is 18.7 Å². The minimum absolute atomic E-state index is 0.0848. The minimum atomic E-state index is -5.93. The zero-order valence-electron chi connectivity index (χ0n) is 20.6. The monoisotopic (exact) mass is 532 g/mol. The highest BCUT2D eigenvalue weighted by atomic mass is 32.2. The van der Waals surface area contributed by atoms with Crippen LogP contribution in [0, 0.1) is 0 Å². The maximum absolute atomic E-state index is 12.9. The summed E-state index contributed by atoms with van der Waals surface area (Å²) in [5.41, 5.74) is -5.61. The van der Waals surface area contributed by atoms with E-state index in [9.17, 15) is 31.2 Å². The second-order valence-electron chi connectivity index (χ2n) is 8.45. The van der Waals surface area contributed by atoms with Crippen molar-refractivity contribution in [3.63, 3.8) is 0 Å². The number of esters is 1. The SMILES string of the molecule is CC.CCOC(=O)c1cn2c(cc1=O)-c1cc(OC)c(OS(=O)(=O)C(F)(F)F)cc1C1CC(C)(C)N12. The third-order valence-electron chi connectivity index (χ3n) is 5.82. The molecule has 1 fully saturated rings. The van der Waals surface area contributed by atoms with Crippen molar-refractivity contribution in [1.29, 1.82) is 0 Å². The summed E-state index contributed by atoms with van der Waals surface area (Å²) in [5.74, 6) is -1.67. The van der Waals surface area contributed by atoms with Gasteiger partial charge in [0.05, 0.1) is 31.0 Å². The van der Waals surface area contributed by atoms with Crippen molar-refractivity contribution in [3.05, 3.63) is 45.7 Å². The molecule has 36 heavy (non-hydrogen) atoms. The van der Waals surface area contributed by atoms with E-state index in [0.717, 1.165) is 7.11 Å². The number of hydrogen-bond donors (Lipinski definition) is 0. The molecule has 13 heteroatoms. The molecular weight excluding hydrogens is 505 g/mol. The summed E-state index contributed by atoms with van der Waals surface area (Å²) in [5, 5.41) is 1.85. The van der Waals surface area contributed by atoms with Crippen molar-refractivity contribution < 1.29 is 40.0 Å². The first-order valence-corrected chi connectivity index (χ1v) is 12.6.